The van der Waals surface area contributed by atoms with Crippen LogP contribution in [0.3, 0.4) is 0 Å². The predicted molar refractivity (Wildman–Crippen MR) is 65.6 cm³/mol. The van der Waals surface area contributed by atoms with Crippen LogP contribution in [0.15, 0.2) is 0 Å². The van der Waals surface area contributed by atoms with Gasteiger partial charge in [-0.1, -0.05) is 20.8 Å². The summed E-state index contributed by atoms with van der Waals surface area (Å²) in [5, 5.41) is 4.87. The molecule has 0 bridgehead atoms. The molecule has 0 saturated carbocycles. The number of nitrogens with one attached hydrogen (secondary N) is 1. The average molecular weight is 224 g/mol. The molecule has 1 aliphatic carbocycles. The third-order valence-corrected chi connectivity index (χ3v) is 4.42. The molecule has 0 radical (unpaired) electrons. The van der Waals surface area contributed by atoms with E-state index in [1.165, 1.54) is 34.8 Å². The molecule has 84 valence electrons. The van der Waals surface area contributed by atoms with E-state index in [1.807, 2.05) is 11.3 Å². The van der Waals surface area contributed by atoms with Crippen LogP contribution in [-0.4, -0.2) is 11.5 Å². The Morgan fingerprint density at radius 1 is 1.53 bits per heavy atom. The van der Waals surface area contributed by atoms with E-state index in [-0.39, 0.29) is 0 Å². The molecule has 1 atom stereocenters. The lowest BCUT2D eigenvalue weighted by atomic mass is 9.98. The van der Waals surface area contributed by atoms with Crippen molar-refractivity contribution in [2.75, 3.05) is 6.54 Å². The van der Waals surface area contributed by atoms with Gasteiger partial charge in [0.2, 0.25) is 0 Å². The van der Waals surface area contributed by atoms with Gasteiger partial charge in [0.15, 0.2) is 0 Å². The summed E-state index contributed by atoms with van der Waals surface area (Å²) in [7, 11) is 0. The van der Waals surface area contributed by atoms with Crippen molar-refractivity contribution in [1.29, 1.82) is 0 Å². The Morgan fingerprint density at radius 2 is 2.33 bits per heavy atom. The second-order valence-electron chi connectivity index (χ2n) is 4.52. The summed E-state index contributed by atoms with van der Waals surface area (Å²) >= 11 is 1.92. The van der Waals surface area contributed by atoms with E-state index in [0.29, 0.717) is 12.0 Å². The SMILES string of the molecule is CCNC1CCCc2nc(C(C)C)sc21. The monoisotopic (exact) mass is 224 g/mol. The van der Waals surface area contributed by atoms with E-state index < -0.39 is 0 Å². The van der Waals surface area contributed by atoms with Crippen molar-refractivity contribution in [1.82, 2.24) is 10.3 Å². The molecule has 2 rings (SSSR count). The second kappa shape index (κ2) is 4.62. The lowest BCUT2D eigenvalue weighted by Crippen LogP contribution is -2.23. The van der Waals surface area contributed by atoms with Gasteiger partial charge in [0.25, 0.3) is 0 Å². The zero-order valence-corrected chi connectivity index (χ0v) is 10.7. The average Bonchev–Trinajstić information content (AvgIpc) is 2.63. The topological polar surface area (TPSA) is 24.9 Å². The van der Waals surface area contributed by atoms with Gasteiger partial charge in [-0.3, -0.25) is 0 Å². The number of fused-ring (bicyclic) bond motifs is 1. The van der Waals surface area contributed by atoms with Gasteiger partial charge in [-0.15, -0.1) is 11.3 Å². The van der Waals surface area contributed by atoms with E-state index in [9.17, 15) is 0 Å². The number of aryl methyl sites for hydroxylation is 1. The maximum atomic E-state index is 4.76. The predicted octanol–water partition coefficient (Wildman–Crippen LogP) is 3.25. The summed E-state index contributed by atoms with van der Waals surface area (Å²) in [4.78, 5) is 6.27. The first kappa shape index (κ1) is 11.1. The van der Waals surface area contributed by atoms with E-state index in [4.69, 9.17) is 4.98 Å². The molecule has 0 saturated heterocycles. The van der Waals surface area contributed by atoms with Gasteiger partial charge in [-0.25, -0.2) is 4.98 Å². The molecule has 0 amide bonds. The van der Waals surface area contributed by atoms with Gasteiger partial charge in [0, 0.05) is 16.8 Å². The molecule has 1 aromatic heterocycles. The summed E-state index contributed by atoms with van der Waals surface area (Å²) in [6.45, 7) is 7.69. The van der Waals surface area contributed by atoms with Gasteiger partial charge in [0.1, 0.15) is 0 Å². The van der Waals surface area contributed by atoms with Crippen molar-refractivity contribution >= 4 is 11.3 Å². The van der Waals surface area contributed by atoms with E-state index in [2.05, 4.69) is 26.1 Å². The lowest BCUT2D eigenvalue weighted by Gasteiger charge is -2.21. The highest BCUT2D eigenvalue weighted by Crippen LogP contribution is 2.36. The molecule has 15 heavy (non-hydrogen) atoms. The van der Waals surface area contributed by atoms with Crippen molar-refractivity contribution in [2.24, 2.45) is 0 Å². The highest BCUT2D eigenvalue weighted by atomic mass is 32.1. The third kappa shape index (κ3) is 2.23. The van der Waals surface area contributed by atoms with Gasteiger partial charge in [0.05, 0.1) is 10.7 Å². The van der Waals surface area contributed by atoms with Crippen LogP contribution >= 0.6 is 11.3 Å². The molecule has 1 aliphatic rings. The van der Waals surface area contributed by atoms with Crippen LogP contribution in [0.1, 0.15) is 61.2 Å². The summed E-state index contributed by atoms with van der Waals surface area (Å²) in [5.74, 6) is 0.572. The Balaban J connectivity index is 2.26. The molecule has 1 N–H and O–H groups in total. The Morgan fingerprint density at radius 3 is 3.00 bits per heavy atom. The summed E-state index contributed by atoms with van der Waals surface area (Å²) in [6.07, 6.45) is 3.74. The molecule has 0 spiro atoms. The summed E-state index contributed by atoms with van der Waals surface area (Å²) in [6, 6.07) is 0.573. The van der Waals surface area contributed by atoms with Crippen LogP contribution in [-0.2, 0) is 6.42 Å². The summed E-state index contributed by atoms with van der Waals surface area (Å²) < 4.78 is 0. The number of aromatic nitrogens is 1. The Kier molecular flexibility index (Phi) is 3.42. The van der Waals surface area contributed by atoms with Gasteiger partial charge < -0.3 is 5.32 Å². The third-order valence-electron chi connectivity index (χ3n) is 2.91. The van der Waals surface area contributed by atoms with Crippen LogP contribution in [0, 0.1) is 0 Å². The zero-order chi connectivity index (χ0) is 10.8. The maximum Gasteiger partial charge on any atom is 0.0957 e. The first-order chi connectivity index (χ1) is 7.22. The van der Waals surface area contributed by atoms with Crippen molar-refractivity contribution in [2.45, 2.75) is 52.0 Å². The fraction of sp³-hybridized carbons (Fsp3) is 0.750. The Labute approximate surface area is 96.1 Å². The van der Waals surface area contributed by atoms with E-state index in [1.54, 1.807) is 0 Å². The van der Waals surface area contributed by atoms with Gasteiger partial charge in [-0.05, 0) is 25.8 Å². The highest BCUT2D eigenvalue weighted by Gasteiger charge is 2.24. The van der Waals surface area contributed by atoms with Crippen LogP contribution in [0.2, 0.25) is 0 Å². The fourth-order valence-corrected chi connectivity index (χ4v) is 3.35. The molecule has 1 unspecified atom stereocenters. The number of hydrogen-bond acceptors (Lipinski definition) is 3. The maximum absolute atomic E-state index is 4.76. The minimum Gasteiger partial charge on any atom is -0.309 e. The van der Waals surface area contributed by atoms with Crippen LogP contribution in [0.4, 0.5) is 0 Å². The number of thiazole rings is 1. The van der Waals surface area contributed by atoms with Crippen LogP contribution < -0.4 is 5.32 Å². The van der Waals surface area contributed by atoms with E-state index in [0.717, 1.165) is 6.54 Å². The molecular weight excluding hydrogens is 204 g/mol. The van der Waals surface area contributed by atoms with Crippen molar-refractivity contribution in [3.63, 3.8) is 0 Å². The highest BCUT2D eigenvalue weighted by molar-refractivity contribution is 7.12. The lowest BCUT2D eigenvalue weighted by molar-refractivity contribution is 0.476. The molecule has 1 heterocycles. The van der Waals surface area contributed by atoms with E-state index >= 15 is 0 Å². The quantitative estimate of drug-likeness (QED) is 0.852. The largest absolute Gasteiger partial charge is 0.309 e. The minimum absolute atomic E-state index is 0.572. The molecule has 0 fully saturated rings. The van der Waals surface area contributed by atoms with Crippen LogP contribution in [0.25, 0.3) is 0 Å². The standard InChI is InChI=1S/C12H20N2S/c1-4-13-9-6-5-7-10-11(9)15-12(14-10)8(2)3/h8-9,13H,4-7H2,1-3H3. The molecular formula is C12H20N2S. The summed E-state index contributed by atoms with van der Waals surface area (Å²) in [5.41, 5.74) is 1.36. The van der Waals surface area contributed by atoms with Crippen molar-refractivity contribution in [3.05, 3.63) is 15.6 Å². The zero-order valence-electron chi connectivity index (χ0n) is 9.84. The normalized spacial score (nSPS) is 20.7. The minimum atomic E-state index is 0.572. The Bertz CT molecular complexity index is 330. The number of rotatable bonds is 3. The first-order valence-corrected chi connectivity index (χ1v) is 6.77. The molecule has 1 aromatic rings. The fourth-order valence-electron chi connectivity index (χ4n) is 2.13. The van der Waals surface area contributed by atoms with Crippen molar-refractivity contribution < 1.29 is 0 Å². The Hall–Kier alpha value is -0.410. The van der Waals surface area contributed by atoms with Gasteiger partial charge in [-0.2, -0.15) is 0 Å². The molecule has 0 aromatic carbocycles. The van der Waals surface area contributed by atoms with Gasteiger partial charge >= 0.3 is 0 Å². The number of hydrogen-bond donors (Lipinski definition) is 1. The van der Waals surface area contributed by atoms with Crippen LogP contribution in [0.5, 0.6) is 0 Å². The first-order valence-electron chi connectivity index (χ1n) is 5.95. The molecule has 2 nitrogen and oxygen atoms in total. The second-order valence-corrected chi connectivity index (χ2v) is 5.58. The number of nitrogens with zero attached hydrogens (tertiary/aromatic N) is 1. The smallest absolute Gasteiger partial charge is 0.0957 e. The molecule has 3 heteroatoms. The van der Waals surface area contributed by atoms with Crippen molar-refractivity contribution in [3.8, 4) is 0 Å². The molecule has 0 aliphatic heterocycles.